The summed E-state index contributed by atoms with van der Waals surface area (Å²) in [7, 11) is 2.81. The van der Waals surface area contributed by atoms with Gasteiger partial charge >= 0.3 is 5.97 Å². The number of hydrogen-bond donors (Lipinski definition) is 0. The minimum absolute atomic E-state index is 0.0141. The number of ketones is 1. The Morgan fingerprint density at radius 2 is 1.65 bits per heavy atom. The standard InChI is InChI=1S/C17H15ClF3N5.C16H22O4/c1-9-2-4-25(5-3-9)16-14(13-11(20)6-10(19)7-12(13)21)15(18)24-17-22-8-23-26(16)17;1-10-7-6-8-11(2)14(10)15(13(17)9-19-4)12(3)16(18)20-5/h6-9H,2-5H2,1H3;6-8,12,15H,9H2,1-5H3/t;12-,15?/m.0/s1. The van der Waals surface area contributed by atoms with Crippen LogP contribution in [0.4, 0.5) is 19.0 Å². The molecule has 5 rings (SSSR count). The summed E-state index contributed by atoms with van der Waals surface area (Å²) in [5.41, 5.74) is 2.52. The van der Waals surface area contributed by atoms with Gasteiger partial charge in [0, 0.05) is 32.3 Å². The fraction of sp³-hybridized carbons (Fsp3) is 0.424. The van der Waals surface area contributed by atoms with Crippen LogP contribution in [0, 0.1) is 43.1 Å². The van der Waals surface area contributed by atoms with Crippen molar-refractivity contribution in [3.8, 4) is 11.1 Å². The molecule has 1 aliphatic heterocycles. The molecule has 0 spiro atoms. The number of rotatable bonds is 8. The number of nitrogens with zero attached hydrogens (tertiary/aromatic N) is 5. The molecule has 2 atom stereocenters. The van der Waals surface area contributed by atoms with E-state index in [1.807, 2.05) is 36.9 Å². The van der Waals surface area contributed by atoms with Crippen molar-refractivity contribution in [2.75, 3.05) is 38.8 Å². The van der Waals surface area contributed by atoms with Crippen molar-refractivity contribution in [1.82, 2.24) is 19.6 Å². The summed E-state index contributed by atoms with van der Waals surface area (Å²) in [6.07, 6.45) is 3.14. The number of halogens is 4. The van der Waals surface area contributed by atoms with Gasteiger partial charge in [-0.05, 0) is 49.3 Å². The van der Waals surface area contributed by atoms with E-state index in [4.69, 9.17) is 21.1 Å². The Balaban J connectivity index is 0.000000217. The maximum Gasteiger partial charge on any atom is 0.309 e. The Hall–Kier alpha value is -4.03. The zero-order valence-electron chi connectivity index (χ0n) is 26.6. The number of ether oxygens (including phenoxy) is 2. The third kappa shape index (κ3) is 7.33. The summed E-state index contributed by atoms with van der Waals surface area (Å²) >= 11 is 6.29. The Bertz CT molecular complexity index is 1680. The molecule has 0 saturated carbocycles. The maximum absolute atomic E-state index is 14.5. The fourth-order valence-electron chi connectivity index (χ4n) is 5.87. The largest absolute Gasteiger partial charge is 0.469 e. The van der Waals surface area contributed by atoms with Gasteiger partial charge in [-0.2, -0.15) is 19.6 Å². The Morgan fingerprint density at radius 3 is 2.22 bits per heavy atom. The van der Waals surface area contributed by atoms with Crippen LogP contribution < -0.4 is 4.90 Å². The smallest absolute Gasteiger partial charge is 0.309 e. The first-order valence-corrected chi connectivity index (χ1v) is 15.2. The minimum atomic E-state index is -1.04. The van der Waals surface area contributed by atoms with Crippen molar-refractivity contribution in [2.45, 2.75) is 46.5 Å². The van der Waals surface area contributed by atoms with E-state index in [2.05, 4.69) is 22.0 Å². The zero-order chi connectivity index (χ0) is 33.7. The quantitative estimate of drug-likeness (QED) is 0.156. The monoisotopic (exact) mass is 659 g/mol. The van der Waals surface area contributed by atoms with Crippen LogP contribution in [0.2, 0.25) is 5.15 Å². The van der Waals surface area contributed by atoms with E-state index in [9.17, 15) is 22.8 Å². The average molecular weight is 660 g/mol. The normalized spacial score (nSPS) is 14.9. The van der Waals surface area contributed by atoms with Gasteiger partial charge in [-0.25, -0.2) is 13.2 Å². The lowest BCUT2D eigenvalue weighted by molar-refractivity contribution is -0.147. The molecule has 246 valence electrons. The van der Waals surface area contributed by atoms with Crippen LogP contribution >= 0.6 is 11.6 Å². The van der Waals surface area contributed by atoms with Crippen LogP contribution in [-0.2, 0) is 19.1 Å². The molecule has 46 heavy (non-hydrogen) atoms. The van der Waals surface area contributed by atoms with E-state index in [0.29, 0.717) is 37.0 Å². The van der Waals surface area contributed by atoms with Gasteiger partial charge < -0.3 is 14.4 Å². The molecular formula is C33H37ClF3N5O4. The lowest BCUT2D eigenvalue weighted by Gasteiger charge is -2.33. The van der Waals surface area contributed by atoms with E-state index in [0.717, 1.165) is 29.5 Å². The van der Waals surface area contributed by atoms with Gasteiger partial charge in [0.05, 0.1) is 30.1 Å². The van der Waals surface area contributed by atoms with E-state index in [-0.39, 0.29) is 34.9 Å². The summed E-state index contributed by atoms with van der Waals surface area (Å²) in [4.78, 5) is 34.3. The molecule has 0 N–H and O–H groups in total. The summed E-state index contributed by atoms with van der Waals surface area (Å²) < 4.78 is 53.5. The molecule has 0 radical (unpaired) electrons. The van der Waals surface area contributed by atoms with E-state index >= 15 is 0 Å². The fourth-order valence-corrected chi connectivity index (χ4v) is 6.13. The summed E-state index contributed by atoms with van der Waals surface area (Å²) in [6, 6.07) is 7.08. The van der Waals surface area contributed by atoms with Crippen LogP contribution in [0.15, 0.2) is 36.7 Å². The number of anilines is 1. The van der Waals surface area contributed by atoms with E-state index in [1.165, 1.54) is 25.1 Å². The predicted molar refractivity (Wildman–Crippen MR) is 168 cm³/mol. The number of carbonyl (C=O) groups excluding carboxylic acids is 2. The Labute approximate surface area is 270 Å². The number of methoxy groups -OCH3 is 2. The Kier molecular flexibility index (Phi) is 11.4. The number of Topliss-reactive ketones (excluding diaryl/α,β-unsaturated/α-hetero) is 1. The van der Waals surface area contributed by atoms with Crippen molar-refractivity contribution in [3.63, 3.8) is 0 Å². The highest BCUT2D eigenvalue weighted by Crippen LogP contribution is 2.40. The highest BCUT2D eigenvalue weighted by atomic mass is 35.5. The highest BCUT2D eigenvalue weighted by Gasteiger charge is 2.34. The number of aryl methyl sites for hydroxylation is 2. The van der Waals surface area contributed by atoms with Crippen molar-refractivity contribution in [1.29, 1.82) is 0 Å². The molecule has 9 nitrogen and oxygen atoms in total. The molecule has 1 aliphatic rings. The number of esters is 1. The van der Waals surface area contributed by atoms with Crippen LogP contribution in [0.25, 0.3) is 16.9 Å². The number of hydrogen-bond acceptors (Lipinski definition) is 8. The number of benzene rings is 2. The Morgan fingerprint density at radius 1 is 1.04 bits per heavy atom. The van der Waals surface area contributed by atoms with Crippen molar-refractivity contribution >= 4 is 34.9 Å². The third-order valence-corrected chi connectivity index (χ3v) is 8.53. The summed E-state index contributed by atoms with van der Waals surface area (Å²) in [5, 5.41) is 4.03. The lowest BCUT2D eigenvalue weighted by Crippen LogP contribution is -2.35. The van der Waals surface area contributed by atoms with Crippen molar-refractivity contribution in [3.05, 3.63) is 76.0 Å². The van der Waals surface area contributed by atoms with Crippen LogP contribution in [0.1, 0.15) is 49.3 Å². The number of aromatic nitrogens is 4. The first kappa shape index (κ1) is 34.8. The molecule has 13 heteroatoms. The minimum Gasteiger partial charge on any atom is -0.469 e. The number of carbonyl (C=O) groups is 2. The molecular weight excluding hydrogens is 623 g/mol. The molecule has 1 unspecified atom stereocenters. The molecule has 2 aromatic heterocycles. The SMILES string of the molecule is CC1CCN(c2c(-c3c(F)cc(F)cc3F)c(Cl)nc3ncnn23)CC1.COCC(=O)C(c1c(C)cccc1C)[C@H](C)C(=O)OC. The molecule has 1 saturated heterocycles. The van der Waals surface area contributed by atoms with Crippen LogP contribution in [0.5, 0.6) is 0 Å². The lowest BCUT2D eigenvalue weighted by atomic mass is 9.80. The summed E-state index contributed by atoms with van der Waals surface area (Å²) in [6.45, 7) is 9.10. The molecule has 3 heterocycles. The molecule has 2 aromatic carbocycles. The molecule has 0 aliphatic carbocycles. The molecule has 0 amide bonds. The van der Waals surface area contributed by atoms with Crippen molar-refractivity contribution < 1.29 is 32.2 Å². The van der Waals surface area contributed by atoms with Gasteiger partial charge in [0.2, 0.25) is 0 Å². The number of fused-ring (bicyclic) bond motifs is 1. The zero-order valence-corrected chi connectivity index (χ0v) is 27.4. The topological polar surface area (TPSA) is 98.9 Å². The molecule has 1 fully saturated rings. The van der Waals surface area contributed by atoms with Crippen LogP contribution in [0.3, 0.4) is 0 Å². The van der Waals surface area contributed by atoms with Gasteiger partial charge in [0.25, 0.3) is 5.78 Å². The first-order valence-electron chi connectivity index (χ1n) is 14.8. The van der Waals surface area contributed by atoms with Crippen LogP contribution in [-0.4, -0.2) is 65.3 Å². The molecule has 4 aromatic rings. The number of piperidine rings is 1. The molecule has 0 bridgehead atoms. The first-order chi connectivity index (χ1) is 21.9. The summed E-state index contributed by atoms with van der Waals surface area (Å²) in [5.74, 6) is -3.46. The van der Waals surface area contributed by atoms with Gasteiger partial charge in [0.1, 0.15) is 41.4 Å². The van der Waals surface area contributed by atoms with E-state index in [1.54, 1.807) is 6.92 Å². The van der Waals surface area contributed by atoms with Gasteiger partial charge in [-0.1, -0.05) is 43.6 Å². The maximum atomic E-state index is 14.5. The average Bonchev–Trinajstić information content (AvgIpc) is 3.47. The third-order valence-electron chi connectivity index (χ3n) is 8.26. The second kappa shape index (κ2) is 15.0. The van der Waals surface area contributed by atoms with Gasteiger partial charge in [0.15, 0.2) is 5.78 Å². The second-order valence-corrected chi connectivity index (χ2v) is 11.8. The van der Waals surface area contributed by atoms with Gasteiger partial charge in [-0.3, -0.25) is 9.59 Å². The predicted octanol–water partition coefficient (Wildman–Crippen LogP) is 6.51. The highest BCUT2D eigenvalue weighted by molar-refractivity contribution is 6.33. The van der Waals surface area contributed by atoms with E-state index < -0.39 is 34.9 Å². The van der Waals surface area contributed by atoms with Gasteiger partial charge in [-0.15, -0.1) is 0 Å². The second-order valence-electron chi connectivity index (χ2n) is 11.5. The van der Waals surface area contributed by atoms with Crippen molar-refractivity contribution in [2.24, 2.45) is 11.8 Å².